The molecular formula is C46H26N2. The molecule has 0 fully saturated rings. The number of benzene rings is 8. The standard InChI is InChI=1S/C46H26N2/c1-9-31(22-32(10-1)36-24-34-20-18-30-11-5-21-47-45(30)46(34)48-26-36)35-23-33-19-17-29-7-3-13-38-37-12-2-6-27-15-16-28-8-4-14-39(43(28)41(27)37)40(25-35)44(33)42(29)38/h1-26H. The van der Waals surface area contributed by atoms with Gasteiger partial charge in [-0.25, -0.2) is 0 Å². The number of hydrogen-bond donors (Lipinski definition) is 0. The van der Waals surface area contributed by atoms with E-state index in [0.29, 0.717) is 0 Å². The Labute approximate surface area is 275 Å². The Morgan fingerprint density at radius 1 is 0.292 bits per heavy atom. The van der Waals surface area contributed by atoms with Gasteiger partial charge < -0.3 is 0 Å². The third-order valence-electron chi connectivity index (χ3n) is 10.4. The van der Waals surface area contributed by atoms with Gasteiger partial charge >= 0.3 is 0 Å². The van der Waals surface area contributed by atoms with Gasteiger partial charge in [0.25, 0.3) is 0 Å². The van der Waals surface area contributed by atoms with Crippen LogP contribution >= 0.6 is 0 Å². The molecule has 0 aliphatic rings. The van der Waals surface area contributed by atoms with Crippen molar-refractivity contribution in [3.63, 3.8) is 0 Å². The maximum Gasteiger partial charge on any atom is 0.0964 e. The van der Waals surface area contributed by atoms with E-state index in [2.05, 4.69) is 145 Å². The lowest BCUT2D eigenvalue weighted by molar-refractivity contribution is 1.37. The molecule has 220 valence electrons. The van der Waals surface area contributed by atoms with Gasteiger partial charge in [-0.1, -0.05) is 115 Å². The van der Waals surface area contributed by atoms with Gasteiger partial charge in [-0.3, -0.25) is 9.97 Å². The van der Waals surface area contributed by atoms with Gasteiger partial charge in [0.2, 0.25) is 0 Å². The SMILES string of the molecule is c1cc(-c2cnc3c(ccc4cccnc43)c2)cc(-c2cc3ccc4cccc5c6cccc7ccc8cccc(c(c2)c3c45)c8c76)c1. The molecule has 2 heteroatoms. The number of rotatable bonds is 2. The minimum Gasteiger partial charge on any atom is -0.254 e. The topological polar surface area (TPSA) is 25.8 Å². The molecule has 9 aromatic carbocycles. The minimum atomic E-state index is 0.936. The van der Waals surface area contributed by atoms with Gasteiger partial charge in [0, 0.05) is 28.7 Å². The summed E-state index contributed by atoms with van der Waals surface area (Å²) in [4.78, 5) is 9.53. The Hall–Kier alpha value is -6.38. The van der Waals surface area contributed by atoms with E-state index in [1.807, 2.05) is 18.5 Å². The largest absolute Gasteiger partial charge is 0.254 e. The first-order chi connectivity index (χ1) is 23.8. The van der Waals surface area contributed by atoms with E-state index in [4.69, 9.17) is 4.98 Å². The van der Waals surface area contributed by atoms with E-state index >= 15 is 0 Å². The van der Waals surface area contributed by atoms with Crippen molar-refractivity contribution in [2.75, 3.05) is 0 Å². The highest BCUT2D eigenvalue weighted by Gasteiger charge is 2.16. The monoisotopic (exact) mass is 606 g/mol. The first-order valence-corrected chi connectivity index (χ1v) is 16.5. The van der Waals surface area contributed by atoms with Crippen LogP contribution in [0.25, 0.3) is 109 Å². The number of hydrogen-bond acceptors (Lipinski definition) is 2. The highest BCUT2D eigenvalue weighted by molar-refractivity contribution is 6.37. The van der Waals surface area contributed by atoms with Crippen molar-refractivity contribution in [3.8, 4) is 22.3 Å². The average molecular weight is 607 g/mol. The van der Waals surface area contributed by atoms with E-state index in [9.17, 15) is 0 Å². The summed E-state index contributed by atoms with van der Waals surface area (Å²) in [7, 11) is 0. The van der Waals surface area contributed by atoms with E-state index < -0.39 is 0 Å². The Balaban J connectivity index is 1.21. The van der Waals surface area contributed by atoms with Crippen LogP contribution in [0.5, 0.6) is 0 Å². The third kappa shape index (κ3) is 3.57. The van der Waals surface area contributed by atoms with E-state index in [1.165, 1.54) is 75.8 Å². The lowest BCUT2D eigenvalue weighted by Gasteiger charge is -2.17. The van der Waals surface area contributed by atoms with Crippen molar-refractivity contribution < 1.29 is 0 Å². The molecule has 2 nitrogen and oxygen atoms in total. The molecule has 0 saturated carbocycles. The zero-order valence-corrected chi connectivity index (χ0v) is 25.9. The smallest absolute Gasteiger partial charge is 0.0964 e. The van der Waals surface area contributed by atoms with Crippen LogP contribution in [0.3, 0.4) is 0 Å². The van der Waals surface area contributed by atoms with Crippen LogP contribution in [0.1, 0.15) is 0 Å². The molecule has 0 aliphatic heterocycles. The van der Waals surface area contributed by atoms with Crippen LogP contribution in [0.4, 0.5) is 0 Å². The normalized spacial score (nSPS) is 12.2. The molecule has 2 aromatic heterocycles. The van der Waals surface area contributed by atoms with Crippen LogP contribution in [0, 0.1) is 0 Å². The molecular weight excluding hydrogens is 581 g/mol. The molecule has 0 unspecified atom stereocenters. The molecule has 11 rings (SSSR count). The second-order valence-electron chi connectivity index (χ2n) is 13.0. The van der Waals surface area contributed by atoms with Gasteiger partial charge in [-0.15, -0.1) is 0 Å². The first kappa shape index (κ1) is 25.8. The van der Waals surface area contributed by atoms with Crippen LogP contribution in [-0.2, 0) is 0 Å². The average Bonchev–Trinajstić information content (AvgIpc) is 3.15. The van der Waals surface area contributed by atoms with Crippen LogP contribution in [0.2, 0.25) is 0 Å². The molecule has 0 bridgehead atoms. The fraction of sp³-hybridized carbons (Fsp3) is 0. The number of nitrogens with zero attached hydrogens (tertiary/aromatic N) is 2. The van der Waals surface area contributed by atoms with Crippen molar-refractivity contribution in [2.24, 2.45) is 0 Å². The molecule has 0 spiro atoms. The molecule has 0 N–H and O–H groups in total. The van der Waals surface area contributed by atoms with Crippen LogP contribution < -0.4 is 0 Å². The minimum absolute atomic E-state index is 0.936. The fourth-order valence-electron chi connectivity index (χ4n) is 8.22. The first-order valence-electron chi connectivity index (χ1n) is 16.5. The molecule has 0 saturated heterocycles. The lowest BCUT2D eigenvalue weighted by Crippen LogP contribution is -1.90. The van der Waals surface area contributed by atoms with Gasteiger partial charge in [0.1, 0.15) is 0 Å². The summed E-state index contributed by atoms with van der Waals surface area (Å²) in [6, 6.07) is 53.7. The predicted molar refractivity (Wildman–Crippen MR) is 204 cm³/mol. The summed E-state index contributed by atoms with van der Waals surface area (Å²) >= 11 is 0. The van der Waals surface area contributed by atoms with Crippen molar-refractivity contribution in [1.29, 1.82) is 0 Å². The summed E-state index contributed by atoms with van der Waals surface area (Å²) in [5.74, 6) is 0. The van der Waals surface area contributed by atoms with Gasteiger partial charge in [-0.2, -0.15) is 0 Å². The van der Waals surface area contributed by atoms with E-state index in [0.717, 1.165) is 32.9 Å². The maximum absolute atomic E-state index is 4.91. The van der Waals surface area contributed by atoms with Crippen molar-refractivity contribution >= 4 is 86.4 Å². The molecule has 2 heterocycles. The molecule has 0 radical (unpaired) electrons. The number of pyridine rings is 2. The van der Waals surface area contributed by atoms with Gasteiger partial charge in [-0.05, 0) is 112 Å². The summed E-state index contributed by atoms with van der Waals surface area (Å²) in [6.07, 6.45) is 3.82. The summed E-state index contributed by atoms with van der Waals surface area (Å²) in [5.41, 5.74) is 6.51. The lowest BCUT2D eigenvalue weighted by atomic mass is 9.86. The third-order valence-corrected chi connectivity index (χ3v) is 10.4. The van der Waals surface area contributed by atoms with Crippen molar-refractivity contribution in [1.82, 2.24) is 9.97 Å². The Bertz CT molecular complexity index is 3110. The second kappa shape index (κ2) is 9.57. The van der Waals surface area contributed by atoms with Crippen LogP contribution in [-0.4, -0.2) is 9.97 Å². The van der Waals surface area contributed by atoms with Crippen molar-refractivity contribution in [2.45, 2.75) is 0 Å². The zero-order valence-electron chi connectivity index (χ0n) is 25.9. The highest BCUT2D eigenvalue weighted by Crippen LogP contribution is 2.44. The Morgan fingerprint density at radius 3 is 1.50 bits per heavy atom. The van der Waals surface area contributed by atoms with E-state index in [1.54, 1.807) is 0 Å². The maximum atomic E-state index is 4.91. The summed E-state index contributed by atoms with van der Waals surface area (Å²) < 4.78 is 0. The highest BCUT2D eigenvalue weighted by atomic mass is 14.7. The zero-order chi connectivity index (χ0) is 31.3. The molecule has 48 heavy (non-hydrogen) atoms. The summed E-state index contributed by atoms with van der Waals surface area (Å²) in [6.45, 7) is 0. The summed E-state index contributed by atoms with van der Waals surface area (Å²) in [5, 5.41) is 17.8. The van der Waals surface area contributed by atoms with Crippen LogP contribution in [0.15, 0.2) is 158 Å². The molecule has 0 atom stereocenters. The quantitative estimate of drug-likeness (QED) is 0.183. The molecule has 0 aliphatic carbocycles. The second-order valence-corrected chi connectivity index (χ2v) is 13.0. The Morgan fingerprint density at radius 2 is 0.792 bits per heavy atom. The van der Waals surface area contributed by atoms with Gasteiger partial charge in [0.15, 0.2) is 0 Å². The number of fused-ring (bicyclic) bond motifs is 5. The van der Waals surface area contributed by atoms with Crippen molar-refractivity contribution in [3.05, 3.63) is 158 Å². The predicted octanol–water partition coefficient (Wildman–Crippen LogP) is 12.5. The fourth-order valence-corrected chi connectivity index (χ4v) is 8.22. The van der Waals surface area contributed by atoms with Gasteiger partial charge in [0.05, 0.1) is 11.0 Å². The molecule has 0 amide bonds. The number of aromatic nitrogens is 2. The Kier molecular flexibility index (Phi) is 5.14. The van der Waals surface area contributed by atoms with E-state index in [-0.39, 0.29) is 0 Å². The molecule has 11 aromatic rings.